The molecule has 2 heterocycles. The maximum Gasteiger partial charge on any atom is 0.101 e. The Kier molecular flexibility index (Phi) is 4.15. The lowest BCUT2D eigenvalue weighted by Crippen LogP contribution is -2.18. The van der Waals surface area contributed by atoms with Crippen LogP contribution in [0.2, 0.25) is 0 Å². The van der Waals surface area contributed by atoms with Gasteiger partial charge < -0.3 is 9.73 Å². The van der Waals surface area contributed by atoms with Crippen molar-refractivity contribution >= 4 is 0 Å². The molecule has 0 aliphatic heterocycles. The molecule has 0 aliphatic carbocycles. The predicted molar refractivity (Wildman–Crippen MR) is 72.6 cm³/mol. The summed E-state index contributed by atoms with van der Waals surface area (Å²) in [7, 11) is 1.97. The molecule has 0 radical (unpaired) electrons. The molecule has 1 atom stereocenters. The molecule has 0 amide bonds. The van der Waals surface area contributed by atoms with E-state index in [0.29, 0.717) is 0 Å². The first kappa shape index (κ1) is 12.8. The fourth-order valence-electron chi connectivity index (χ4n) is 2.03. The van der Waals surface area contributed by atoms with Gasteiger partial charge in [0.05, 0.1) is 6.26 Å². The maximum absolute atomic E-state index is 5.36. The molecule has 3 nitrogen and oxygen atoms in total. The molecule has 18 heavy (non-hydrogen) atoms. The molecule has 1 unspecified atom stereocenters. The summed E-state index contributed by atoms with van der Waals surface area (Å²) >= 11 is 0. The Morgan fingerprint density at radius 3 is 2.72 bits per heavy atom. The SMILES string of the molecule is CCc1ccc(CC(NC)c2coc(C)c2)nc1. The van der Waals surface area contributed by atoms with Crippen molar-refractivity contribution < 1.29 is 4.42 Å². The maximum atomic E-state index is 5.36. The van der Waals surface area contributed by atoms with Crippen LogP contribution < -0.4 is 5.32 Å². The smallest absolute Gasteiger partial charge is 0.101 e. The summed E-state index contributed by atoms with van der Waals surface area (Å²) in [6, 6.07) is 6.58. The third kappa shape index (κ3) is 2.99. The third-order valence-corrected chi connectivity index (χ3v) is 3.21. The van der Waals surface area contributed by atoms with Gasteiger partial charge in [-0.2, -0.15) is 0 Å². The first-order valence-corrected chi connectivity index (χ1v) is 6.39. The van der Waals surface area contributed by atoms with Gasteiger partial charge in [0.1, 0.15) is 5.76 Å². The number of nitrogens with zero attached hydrogens (tertiary/aromatic N) is 1. The van der Waals surface area contributed by atoms with Gasteiger partial charge in [0.2, 0.25) is 0 Å². The van der Waals surface area contributed by atoms with Gasteiger partial charge >= 0.3 is 0 Å². The number of likely N-dealkylation sites (N-methyl/N-ethyl adjacent to an activating group) is 1. The Balaban J connectivity index is 2.10. The van der Waals surface area contributed by atoms with E-state index in [9.17, 15) is 0 Å². The number of furan rings is 1. The van der Waals surface area contributed by atoms with Gasteiger partial charge in [0.15, 0.2) is 0 Å². The van der Waals surface area contributed by atoms with Crippen molar-refractivity contribution in [1.29, 1.82) is 0 Å². The normalized spacial score (nSPS) is 12.6. The zero-order chi connectivity index (χ0) is 13.0. The van der Waals surface area contributed by atoms with Gasteiger partial charge in [-0.1, -0.05) is 13.0 Å². The Hall–Kier alpha value is -1.61. The van der Waals surface area contributed by atoms with Crippen molar-refractivity contribution in [3.05, 3.63) is 53.2 Å². The predicted octanol–water partition coefficient (Wildman–Crippen LogP) is 3.05. The number of nitrogens with one attached hydrogen (secondary N) is 1. The van der Waals surface area contributed by atoms with E-state index in [1.54, 1.807) is 0 Å². The van der Waals surface area contributed by atoms with Gasteiger partial charge in [0, 0.05) is 29.9 Å². The number of aromatic nitrogens is 1. The fraction of sp³-hybridized carbons (Fsp3) is 0.400. The highest BCUT2D eigenvalue weighted by atomic mass is 16.3. The first-order chi connectivity index (χ1) is 8.72. The van der Waals surface area contributed by atoms with Crippen molar-refractivity contribution in [2.24, 2.45) is 0 Å². The number of hydrogen-bond acceptors (Lipinski definition) is 3. The Morgan fingerprint density at radius 2 is 2.22 bits per heavy atom. The summed E-state index contributed by atoms with van der Waals surface area (Å²) in [6.07, 6.45) is 5.68. The number of aryl methyl sites for hydroxylation is 2. The summed E-state index contributed by atoms with van der Waals surface area (Å²) in [5, 5.41) is 3.31. The molecule has 2 rings (SSSR count). The van der Waals surface area contributed by atoms with Crippen LogP contribution >= 0.6 is 0 Å². The second-order valence-corrected chi connectivity index (χ2v) is 4.55. The monoisotopic (exact) mass is 244 g/mol. The lowest BCUT2D eigenvalue weighted by atomic mass is 10.0. The van der Waals surface area contributed by atoms with E-state index in [4.69, 9.17) is 4.42 Å². The van der Waals surface area contributed by atoms with Crippen LogP contribution in [0.4, 0.5) is 0 Å². The largest absolute Gasteiger partial charge is 0.469 e. The molecule has 1 N–H and O–H groups in total. The zero-order valence-electron chi connectivity index (χ0n) is 11.2. The molecule has 0 fully saturated rings. The molecular weight excluding hydrogens is 224 g/mol. The standard InChI is InChI=1S/C15H20N2O/c1-4-12-5-6-14(17-9-12)8-15(16-3)13-7-11(2)18-10-13/h5-7,9-10,15-16H,4,8H2,1-3H3. The fourth-order valence-corrected chi connectivity index (χ4v) is 2.03. The van der Waals surface area contributed by atoms with Crippen LogP contribution in [0.15, 0.2) is 35.1 Å². The molecule has 0 spiro atoms. The van der Waals surface area contributed by atoms with E-state index in [0.717, 1.165) is 24.3 Å². The highest BCUT2D eigenvalue weighted by molar-refractivity contribution is 5.20. The van der Waals surface area contributed by atoms with E-state index < -0.39 is 0 Å². The minimum absolute atomic E-state index is 0.252. The number of hydrogen-bond donors (Lipinski definition) is 1. The van der Waals surface area contributed by atoms with Crippen LogP contribution in [0.5, 0.6) is 0 Å². The van der Waals surface area contributed by atoms with Crippen molar-refractivity contribution in [3.63, 3.8) is 0 Å². The van der Waals surface area contributed by atoms with Crippen LogP contribution in [0.3, 0.4) is 0 Å². The summed E-state index contributed by atoms with van der Waals surface area (Å²) < 4.78 is 5.36. The topological polar surface area (TPSA) is 38.1 Å². The Morgan fingerprint density at radius 1 is 1.39 bits per heavy atom. The third-order valence-electron chi connectivity index (χ3n) is 3.21. The van der Waals surface area contributed by atoms with Gasteiger partial charge in [-0.05, 0) is 38.1 Å². The lowest BCUT2D eigenvalue weighted by molar-refractivity contribution is 0.519. The summed E-state index contributed by atoms with van der Waals surface area (Å²) in [6.45, 7) is 4.10. The van der Waals surface area contributed by atoms with Crippen LogP contribution in [-0.2, 0) is 12.8 Å². The van der Waals surface area contributed by atoms with E-state index in [2.05, 4.69) is 35.4 Å². The van der Waals surface area contributed by atoms with Crippen molar-refractivity contribution in [1.82, 2.24) is 10.3 Å². The zero-order valence-corrected chi connectivity index (χ0v) is 11.2. The molecule has 96 valence electrons. The van der Waals surface area contributed by atoms with Gasteiger partial charge in [0.25, 0.3) is 0 Å². The van der Waals surface area contributed by atoms with Crippen LogP contribution in [0.1, 0.15) is 35.5 Å². The summed E-state index contributed by atoms with van der Waals surface area (Å²) in [4.78, 5) is 4.50. The summed E-state index contributed by atoms with van der Waals surface area (Å²) in [5.74, 6) is 0.944. The minimum Gasteiger partial charge on any atom is -0.469 e. The van der Waals surface area contributed by atoms with Crippen molar-refractivity contribution in [3.8, 4) is 0 Å². The molecule has 3 heteroatoms. The minimum atomic E-state index is 0.252. The van der Waals surface area contributed by atoms with E-state index in [1.807, 2.05) is 26.4 Å². The molecule has 0 saturated heterocycles. The molecule has 0 aromatic carbocycles. The van der Waals surface area contributed by atoms with Crippen molar-refractivity contribution in [2.75, 3.05) is 7.05 Å². The second kappa shape index (κ2) is 5.83. The lowest BCUT2D eigenvalue weighted by Gasteiger charge is -2.13. The van der Waals surface area contributed by atoms with Crippen LogP contribution in [0.25, 0.3) is 0 Å². The van der Waals surface area contributed by atoms with Gasteiger partial charge in [-0.3, -0.25) is 4.98 Å². The first-order valence-electron chi connectivity index (χ1n) is 6.39. The molecule has 0 aliphatic rings. The van der Waals surface area contributed by atoms with E-state index in [1.165, 1.54) is 11.1 Å². The molecule has 2 aromatic rings. The highest BCUT2D eigenvalue weighted by Gasteiger charge is 2.13. The van der Waals surface area contributed by atoms with Gasteiger partial charge in [-0.25, -0.2) is 0 Å². The van der Waals surface area contributed by atoms with Gasteiger partial charge in [-0.15, -0.1) is 0 Å². The Labute approximate surface area is 108 Å². The average molecular weight is 244 g/mol. The molecule has 0 saturated carbocycles. The quantitative estimate of drug-likeness (QED) is 0.878. The average Bonchev–Trinajstić information content (AvgIpc) is 2.83. The Bertz CT molecular complexity index is 487. The summed E-state index contributed by atoms with van der Waals surface area (Å²) in [5.41, 5.74) is 3.56. The van der Waals surface area contributed by atoms with Crippen LogP contribution in [0, 0.1) is 6.92 Å². The van der Waals surface area contributed by atoms with Crippen LogP contribution in [-0.4, -0.2) is 12.0 Å². The molecule has 2 aromatic heterocycles. The second-order valence-electron chi connectivity index (χ2n) is 4.55. The van der Waals surface area contributed by atoms with Crippen molar-refractivity contribution in [2.45, 2.75) is 32.7 Å². The van der Waals surface area contributed by atoms with E-state index in [-0.39, 0.29) is 6.04 Å². The number of rotatable bonds is 5. The van der Waals surface area contributed by atoms with E-state index >= 15 is 0 Å². The number of pyridine rings is 1. The highest BCUT2D eigenvalue weighted by Crippen LogP contribution is 2.19. The molecular formula is C15H20N2O. The molecule has 0 bridgehead atoms.